The second kappa shape index (κ2) is 6.61. The predicted octanol–water partition coefficient (Wildman–Crippen LogP) is 4.53. The molecule has 0 amide bonds. The molecule has 0 radical (unpaired) electrons. The number of rotatable bonds is 4. The summed E-state index contributed by atoms with van der Waals surface area (Å²) in [6, 6.07) is 16.6. The molecule has 0 aliphatic rings. The summed E-state index contributed by atoms with van der Waals surface area (Å²) in [6.07, 6.45) is 3.48. The molecule has 134 valence electrons. The van der Waals surface area contributed by atoms with Crippen LogP contribution in [0.2, 0.25) is 0 Å². The molecule has 0 spiro atoms. The Bertz CT molecular complexity index is 1200. The van der Waals surface area contributed by atoms with E-state index in [2.05, 4.69) is 4.98 Å². The second-order valence-corrected chi connectivity index (χ2v) is 6.41. The van der Waals surface area contributed by atoms with Crippen LogP contribution < -0.4 is 10.3 Å². The van der Waals surface area contributed by atoms with Crippen molar-refractivity contribution in [2.24, 2.45) is 7.05 Å². The molecular weight excluding hydrogens is 340 g/mol. The van der Waals surface area contributed by atoms with E-state index in [-0.39, 0.29) is 11.3 Å². The van der Waals surface area contributed by atoms with Gasteiger partial charge in [-0.25, -0.2) is 0 Å². The summed E-state index contributed by atoms with van der Waals surface area (Å²) < 4.78 is 7.74. The van der Waals surface area contributed by atoms with Gasteiger partial charge in [-0.3, -0.25) is 9.59 Å². The van der Waals surface area contributed by atoms with Gasteiger partial charge in [0.15, 0.2) is 11.5 Å². The third-order valence-corrected chi connectivity index (χ3v) is 4.55. The monoisotopic (exact) mass is 358 g/mol. The van der Waals surface area contributed by atoms with Gasteiger partial charge in [-0.2, -0.15) is 0 Å². The Morgan fingerprint density at radius 1 is 1.04 bits per heavy atom. The van der Waals surface area contributed by atoms with Crippen LogP contribution in [0.15, 0.2) is 71.8 Å². The number of para-hydroxylation sites is 1. The number of nitrogens with one attached hydrogen (secondary N) is 1. The molecule has 1 N–H and O–H groups in total. The van der Waals surface area contributed by atoms with E-state index in [1.54, 1.807) is 32.4 Å². The van der Waals surface area contributed by atoms with Crippen LogP contribution in [0.5, 0.6) is 11.5 Å². The van der Waals surface area contributed by atoms with Crippen LogP contribution in [-0.4, -0.2) is 15.3 Å². The molecule has 0 aliphatic carbocycles. The van der Waals surface area contributed by atoms with Crippen LogP contribution in [0.4, 0.5) is 0 Å². The van der Waals surface area contributed by atoms with E-state index in [1.807, 2.05) is 42.5 Å². The number of ether oxygens (including phenoxy) is 1. The van der Waals surface area contributed by atoms with Crippen LogP contribution in [0.3, 0.4) is 0 Å². The summed E-state index contributed by atoms with van der Waals surface area (Å²) in [5.74, 6) is 1.29. The van der Waals surface area contributed by atoms with Gasteiger partial charge in [0.05, 0.1) is 5.52 Å². The number of nitrogens with zero attached hydrogens (tertiary/aromatic N) is 1. The minimum absolute atomic E-state index is 0.0123. The van der Waals surface area contributed by atoms with E-state index in [9.17, 15) is 9.59 Å². The van der Waals surface area contributed by atoms with Crippen molar-refractivity contribution in [1.82, 2.24) is 9.55 Å². The molecule has 2 heterocycles. The average molecular weight is 358 g/mol. The van der Waals surface area contributed by atoms with Gasteiger partial charge >= 0.3 is 0 Å². The number of ketones is 1. The maximum absolute atomic E-state index is 11.9. The lowest BCUT2D eigenvalue weighted by atomic mass is 10.0. The molecule has 27 heavy (non-hydrogen) atoms. The van der Waals surface area contributed by atoms with Crippen molar-refractivity contribution in [3.05, 3.63) is 82.9 Å². The van der Waals surface area contributed by atoms with Crippen LogP contribution in [0.1, 0.15) is 17.3 Å². The molecule has 5 heteroatoms. The molecule has 0 saturated carbocycles. The van der Waals surface area contributed by atoms with Crippen LogP contribution in [0.25, 0.3) is 22.0 Å². The first-order chi connectivity index (χ1) is 13.0. The lowest BCUT2D eigenvalue weighted by Gasteiger charge is -2.14. The number of benzene rings is 2. The highest BCUT2D eigenvalue weighted by molar-refractivity contribution is 6.09. The smallest absolute Gasteiger partial charge is 0.250 e. The van der Waals surface area contributed by atoms with Crippen molar-refractivity contribution >= 4 is 16.7 Å². The maximum atomic E-state index is 11.9. The first kappa shape index (κ1) is 16.8. The standard InChI is InChI=1S/C22H18N2O3/c1-14(25)19-12-23-21-18(19)10-9-17(15-8-11-20(26)24(2)13-15)22(21)27-16-6-4-3-5-7-16/h3-13,23H,1-2H3. The molecule has 2 aromatic carbocycles. The molecular formula is C22H18N2O3. The van der Waals surface area contributed by atoms with Gasteiger partial charge in [0.25, 0.3) is 0 Å². The van der Waals surface area contributed by atoms with Crippen molar-refractivity contribution in [3.8, 4) is 22.6 Å². The summed E-state index contributed by atoms with van der Waals surface area (Å²) in [4.78, 5) is 26.9. The van der Waals surface area contributed by atoms with E-state index in [0.29, 0.717) is 17.1 Å². The Hall–Kier alpha value is -3.60. The van der Waals surface area contributed by atoms with Gasteiger partial charge in [0.2, 0.25) is 5.56 Å². The number of pyridine rings is 1. The Morgan fingerprint density at radius 2 is 1.81 bits per heavy atom. The average Bonchev–Trinajstić information content (AvgIpc) is 3.10. The van der Waals surface area contributed by atoms with Gasteiger partial charge in [-0.1, -0.05) is 24.3 Å². The molecule has 4 aromatic rings. The van der Waals surface area contributed by atoms with Gasteiger partial charge in [0.1, 0.15) is 5.75 Å². The van der Waals surface area contributed by atoms with E-state index < -0.39 is 0 Å². The minimum atomic E-state index is -0.0795. The number of carbonyl (C=O) groups is 1. The Balaban J connectivity index is 1.97. The number of aromatic nitrogens is 2. The van der Waals surface area contributed by atoms with Crippen LogP contribution >= 0.6 is 0 Å². The highest BCUT2D eigenvalue weighted by atomic mass is 16.5. The first-order valence-electron chi connectivity index (χ1n) is 8.59. The molecule has 0 bridgehead atoms. The van der Waals surface area contributed by atoms with Crippen molar-refractivity contribution in [1.29, 1.82) is 0 Å². The molecule has 0 atom stereocenters. The fourth-order valence-corrected chi connectivity index (χ4v) is 3.16. The maximum Gasteiger partial charge on any atom is 0.250 e. The van der Waals surface area contributed by atoms with Gasteiger partial charge in [-0.15, -0.1) is 0 Å². The van der Waals surface area contributed by atoms with E-state index in [0.717, 1.165) is 22.0 Å². The van der Waals surface area contributed by atoms with Gasteiger partial charge < -0.3 is 14.3 Å². The van der Waals surface area contributed by atoms with Crippen molar-refractivity contribution < 1.29 is 9.53 Å². The van der Waals surface area contributed by atoms with E-state index in [4.69, 9.17) is 4.74 Å². The van der Waals surface area contributed by atoms with Gasteiger partial charge in [0, 0.05) is 47.6 Å². The number of hydrogen-bond acceptors (Lipinski definition) is 3. The third-order valence-electron chi connectivity index (χ3n) is 4.55. The van der Waals surface area contributed by atoms with Crippen molar-refractivity contribution in [2.45, 2.75) is 6.92 Å². The minimum Gasteiger partial charge on any atom is -0.455 e. The molecule has 0 fully saturated rings. The molecule has 0 unspecified atom stereocenters. The summed E-state index contributed by atoms with van der Waals surface area (Å²) in [6.45, 7) is 1.54. The number of fused-ring (bicyclic) bond motifs is 1. The van der Waals surface area contributed by atoms with Gasteiger partial charge in [-0.05, 0) is 31.2 Å². The lowest BCUT2D eigenvalue weighted by Crippen LogP contribution is -2.14. The highest BCUT2D eigenvalue weighted by Crippen LogP contribution is 2.39. The summed E-state index contributed by atoms with van der Waals surface area (Å²) in [5, 5.41) is 0.807. The SMILES string of the molecule is CC(=O)c1c[nH]c2c(Oc3ccccc3)c(-c3ccc(=O)n(C)c3)ccc12. The Morgan fingerprint density at radius 3 is 2.52 bits per heavy atom. The number of aryl methyl sites for hydroxylation is 1. The number of carbonyl (C=O) groups excluding carboxylic acids is 1. The lowest BCUT2D eigenvalue weighted by molar-refractivity contribution is 0.101. The quantitative estimate of drug-likeness (QED) is 0.545. The summed E-state index contributed by atoms with van der Waals surface area (Å²) in [7, 11) is 1.71. The summed E-state index contributed by atoms with van der Waals surface area (Å²) in [5.41, 5.74) is 2.97. The molecule has 2 aromatic heterocycles. The van der Waals surface area contributed by atoms with Crippen molar-refractivity contribution in [3.63, 3.8) is 0 Å². The van der Waals surface area contributed by atoms with E-state index >= 15 is 0 Å². The van der Waals surface area contributed by atoms with E-state index in [1.165, 1.54) is 10.6 Å². The number of Topliss-reactive ketones (excluding diaryl/α,β-unsaturated/α-hetero) is 1. The molecule has 4 rings (SSSR count). The fraction of sp³-hybridized carbons (Fsp3) is 0.0909. The Labute approximate surface area is 155 Å². The number of hydrogen-bond donors (Lipinski definition) is 1. The molecule has 5 nitrogen and oxygen atoms in total. The Kier molecular flexibility index (Phi) is 4.12. The number of aromatic amines is 1. The predicted molar refractivity (Wildman–Crippen MR) is 105 cm³/mol. The van der Waals surface area contributed by atoms with Crippen LogP contribution in [-0.2, 0) is 7.05 Å². The normalized spacial score (nSPS) is 10.9. The zero-order valence-electron chi connectivity index (χ0n) is 15.0. The van der Waals surface area contributed by atoms with Crippen molar-refractivity contribution in [2.75, 3.05) is 0 Å². The summed E-state index contributed by atoms with van der Waals surface area (Å²) >= 11 is 0. The molecule has 0 aliphatic heterocycles. The zero-order chi connectivity index (χ0) is 19.0. The third kappa shape index (κ3) is 3.04. The zero-order valence-corrected chi connectivity index (χ0v) is 15.0. The highest BCUT2D eigenvalue weighted by Gasteiger charge is 2.17. The first-order valence-corrected chi connectivity index (χ1v) is 8.59. The van der Waals surface area contributed by atoms with Crippen LogP contribution in [0, 0.1) is 0 Å². The molecule has 0 saturated heterocycles. The largest absolute Gasteiger partial charge is 0.455 e. The topological polar surface area (TPSA) is 64.1 Å². The number of H-pyrrole nitrogens is 1. The second-order valence-electron chi connectivity index (χ2n) is 6.41. The fourth-order valence-electron chi connectivity index (χ4n) is 3.16.